The third-order valence-corrected chi connectivity index (χ3v) is 2.33. The molecule has 0 aliphatic carbocycles. The van der Waals surface area contributed by atoms with Gasteiger partial charge in [-0.2, -0.15) is 0 Å². The minimum absolute atomic E-state index is 0.0352. The molecule has 0 aliphatic heterocycles. The van der Waals surface area contributed by atoms with Crippen LogP contribution < -0.4 is 5.32 Å². The zero-order chi connectivity index (χ0) is 12.4. The van der Waals surface area contributed by atoms with Crippen LogP contribution in [0.3, 0.4) is 0 Å². The standard InChI is InChI=1S/C10H8ClF2N3O/c1-5-2-3-6(12)9(8(5)13)14-10-16-15-7(4-11)17-10/h2-3H,4H2,1H3,(H,14,16). The monoisotopic (exact) mass is 259 g/mol. The number of aromatic nitrogens is 2. The largest absolute Gasteiger partial charge is 0.407 e. The second kappa shape index (κ2) is 4.67. The van der Waals surface area contributed by atoms with Crippen molar-refractivity contribution in [2.75, 3.05) is 5.32 Å². The second-order valence-corrected chi connectivity index (χ2v) is 3.58. The maximum absolute atomic E-state index is 13.6. The van der Waals surface area contributed by atoms with Crippen LogP contribution in [0.5, 0.6) is 0 Å². The van der Waals surface area contributed by atoms with Crippen LogP contribution in [0.4, 0.5) is 20.5 Å². The second-order valence-electron chi connectivity index (χ2n) is 3.31. The number of nitrogens with one attached hydrogen (secondary N) is 1. The van der Waals surface area contributed by atoms with E-state index in [0.717, 1.165) is 6.07 Å². The average molecular weight is 260 g/mol. The SMILES string of the molecule is Cc1ccc(F)c(Nc2nnc(CCl)o2)c1F. The lowest BCUT2D eigenvalue weighted by Crippen LogP contribution is -1.99. The fourth-order valence-corrected chi connectivity index (χ4v) is 1.34. The van der Waals surface area contributed by atoms with Gasteiger partial charge >= 0.3 is 6.01 Å². The Morgan fingerprint density at radius 2 is 2.12 bits per heavy atom. The first-order valence-electron chi connectivity index (χ1n) is 4.71. The number of halogens is 3. The lowest BCUT2D eigenvalue weighted by atomic mass is 10.2. The molecule has 90 valence electrons. The van der Waals surface area contributed by atoms with Crippen molar-refractivity contribution in [1.29, 1.82) is 0 Å². The Balaban J connectivity index is 2.32. The molecule has 0 aliphatic rings. The number of benzene rings is 1. The molecule has 2 aromatic rings. The molecule has 0 amide bonds. The Labute approximate surface area is 101 Å². The van der Waals surface area contributed by atoms with Crippen molar-refractivity contribution < 1.29 is 13.2 Å². The summed E-state index contributed by atoms with van der Waals surface area (Å²) in [4.78, 5) is 0. The smallest absolute Gasteiger partial charge is 0.320 e. The summed E-state index contributed by atoms with van der Waals surface area (Å²) < 4.78 is 32.0. The number of hydrogen-bond donors (Lipinski definition) is 1. The summed E-state index contributed by atoms with van der Waals surface area (Å²) in [6.45, 7) is 1.53. The molecule has 0 spiro atoms. The summed E-state index contributed by atoms with van der Waals surface area (Å²) in [6, 6.07) is 2.39. The molecule has 17 heavy (non-hydrogen) atoms. The van der Waals surface area contributed by atoms with Crippen molar-refractivity contribution in [1.82, 2.24) is 10.2 Å². The Morgan fingerprint density at radius 1 is 1.35 bits per heavy atom. The molecule has 0 saturated carbocycles. The number of hydrogen-bond acceptors (Lipinski definition) is 4. The number of nitrogens with zero attached hydrogens (tertiary/aromatic N) is 2. The Hall–Kier alpha value is -1.69. The van der Waals surface area contributed by atoms with Crippen LogP contribution in [-0.4, -0.2) is 10.2 Å². The molecule has 0 fully saturated rings. The van der Waals surface area contributed by atoms with Crippen molar-refractivity contribution in [2.24, 2.45) is 0 Å². The first kappa shape index (κ1) is 11.8. The van der Waals surface area contributed by atoms with Gasteiger partial charge in [0.2, 0.25) is 5.89 Å². The van der Waals surface area contributed by atoms with Gasteiger partial charge in [-0.3, -0.25) is 0 Å². The number of anilines is 2. The zero-order valence-electron chi connectivity index (χ0n) is 8.80. The van der Waals surface area contributed by atoms with E-state index in [2.05, 4.69) is 15.5 Å². The predicted octanol–water partition coefficient (Wildman–Crippen LogP) is 3.14. The molecule has 1 aromatic heterocycles. The van der Waals surface area contributed by atoms with Crippen LogP contribution in [0.1, 0.15) is 11.5 Å². The maximum Gasteiger partial charge on any atom is 0.320 e. The van der Waals surface area contributed by atoms with E-state index in [1.165, 1.54) is 13.0 Å². The minimum Gasteiger partial charge on any atom is -0.407 e. The molecular weight excluding hydrogens is 252 g/mol. The average Bonchev–Trinajstić information content (AvgIpc) is 2.77. The van der Waals surface area contributed by atoms with Crippen LogP contribution >= 0.6 is 11.6 Å². The van der Waals surface area contributed by atoms with E-state index in [-0.39, 0.29) is 23.5 Å². The molecule has 1 N–H and O–H groups in total. The maximum atomic E-state index is 13.6. The third-order valence-electron chi connectivity index (χ3n) is 2.10. The van der Waals surface area contributed by atoms with Gasteiger partial charge in [-0.05, 0) is 18.6 Å². The van der Waals surface area contributed by atoms with E-state index in [0.29, 0.717) is 5.56 Å². The summed E-state index contributed by atoms with van der Waals surface area (Å²) in [5.74, 6) is -1.23. The molecule has 0 radical (unpaired) electrons. The van der Waals surface area contributed by atoms with Crippen LogP contribution in [0.25, 0.3) is 0 Å². The lowest BCUT2D eigenvalue weighted by molar-refractivity contribution is 0.526. The van der Waals surface area contributed by atoms with Crippen LogP contribution in [0.2, 0.25) is 0 Å². The van der Waals surface area contributed by atoms with Crippen molar-refractivity contribution in [2.45, 2.75) is 12.8 Å². The van der Waals surface area contributed by atoms with E-state index >= 15 is 0 Å². The predicted molar refractivity (Wildman–Crippen MR) is 58.2 cm³/mol. The van der Waals surface area contributed by atoms with E-state index in [1.807, 2.05) is 0 Å². The summed E-state index contributed by atoms with van der Waals surface area (Å²) >= 11 is 5.46. The molecule has 2 rings (SSSR count). The number of alkyl halides is 1. The van der Waals surface area contributed by atoms with Crippen molar-refractivity contribution in [3.63, 3.8) is 0 Å². The van der Waals surface area contributed by atoms with Crippen LogP contribution in [0, 0.1) is 18.6 Å². The van der Waals surface area contributed by atoms with Gasteiger partial charge in [-0.25, -0.2) is 8.78 Å². The normalized spacial score (nSPS) is 10.6. The van der Waals surface area contributed by atoms with Gasteiger partial charge in [0.25, 0.3) is 0 Å². The van der Waals surface area contributed by atoms with Crippen LogP contribution in [-0.2, 0) is 5.88 Å². The summed E-state index contributed by atoms with van der Waals surface area (Å²) in [6.07, 6.45) is 0. The highest BCUT2D eigenvalue weighted by atomic mass is 35.5. The van der Waals surface area contributed by atoms with E-state index in [1.54, 1.807) is 0 Å². The highest BCUT2D eigenvalue weighted by molar-refractivity contribution is 6.16. The number of rotatable bonds is 3. The zero-order valence-corrected chi connectivity index (χ0v) is 9.55. The summed E-state index contributed by atoms with van der Waals surface area (Å²) in [5.41, 5.74) is -0.0132. The number of aryl methyl sites for hydroxylation is 1. The van der Waals surface area contributed by atoms with Crippen LogP contribution in [0.15, 0.2) is 16.5 Å². The molecule has 0 atom stereocenters. The summed E-state index contributed by atoms with van der Waals surface area (Å²) in [7, 11) is 0. The third kappa shape index (κ3) is 2.36. The van der Waals surface area contributed by atoms with Gasteiger partial charge < -0.3 is 9.73 Å². The Morgan fingerprint density at radius 3 is 2.76 bits per heavy atom. The van der Waals surface area contributed by atoms with Crippen molar-refractivity contribution in [3.05, 3.63) is 35.2 Å². The van der Waals surface area contributed by atoms with E-state index in [4.69, 9.17) is 16.0 Å². The van der Waals surface area contributed by atoms with Gasteiger partial charge in [0, 0.05) is 0 Å². The fourth-order valence-electron chi connectivity index (χ4n) is 1.24. The van der Waals surface area contributed by atoms with Gasteiger partial charge in [-0.15, -0.1) is 16.7 Å². The highest BCUT2D eigenvalue weighted by Crippen LogP contribution is 2.24. The topological polar surface area (TPSA) is 51.0 Å². The molecular formula is C10H8ClF2N3O. The molecule has 1 aromatic carbocycles. The Bertz CT molecular complexity index is 544. The van der Waals surface area contributed by atoms with Gasteiger partial charge in [-0.1, -0.05) is 11.2 Å². The molecule has 0 saturated heterocycles. The molecule has 7 heteroatoms. The van der Waals surface area contributed by atoms with Gasteiger partial charge in [0.05, 0.1) is 0 Å². The lowest BCUT2D eigenvalue weighted by Gasteiger charge is -2.06. The van der Waals surface area contributed by atoms with Gasteiger partial charge in [0.15, 0.2) is 5.82 Å². The summed E-state index contributed by atoms with van der Waals surface area (Å²) in [5, 5.41) is 9.49. The van der Waals surface area contributed by atoms with Crippen molar-refractivity contribution >= 4 is 23.3 Å². The first-order valence-corrected chi connectivity index (χ1v) is 5.25. The molecule has 4 nitrogen and oxygen atoms in total. The molecule has 0 bridgehead atoms. The highest BCUT2D eigenvalue weighted by Gasteiger charge is 2.14. The van der Waals surface area contributed by atoms with Gasteiger partial charge in [0.1, 0.15) is 17.4 Å². The molecule has 1 heterocycles. The Kier molecular flexibility index (Phi) is 3.23. The minimum atomic E-state index is -0.737. The van der Waals surface area contributed by atoms with E-state index in [9.17, 15) is 8.78 Å². The van der Waals surface area contributed by atoms with Crippen molar-refractivity contribution in [3.8, 4) is 0 Å². The fraction of sp³-hybridized carbons (Fsp3) is 0.200. The first-order chi connectivity index (χ1) is 8.11. The van der Waals surface area contributed by atoms with E-state index < -0.39 is 11.6 Å². The molecule has 0 unspecified atom stereocenters. The quantitative estimate of drug-likeness (QED) is 0.861.